The van der Waals surface area contributed by atoms with Crippen LogP contribution in [0.4, 0.5) is 0 Å². The van der Waals surface area contributed by atoms with Crippen LogP contribution in [0.15, 0.2) is 30.3 Å². The standard InChI is InChI=1S/C20H31N/c1-16(17-10-4-2-5-11-17)21-20-15-9-8-14-19(20)18-12-6-3-7-13-18/h3,6-7,12-13,16-17,19-21H,2,4-5,8-11,14-15H2,1H3/t16-,19?,20?/m0/s1. The largest absolute Gasteiger partial charge is 0.311 e. The molecule has 2 fully saturated rings. The number of nitrogens with one attached hydrogen (secondary N) is 1. The van der Waals surface area contributed by atoms with Crippen LogP contribution in [0.5, 0.6) is 0 Å². The molecule has 0 bridgehead atoms. The van der Waals surface area contributed by atoms with Crippen molar-refractivity contribution in [3.63, 3.8) is 0 Å². The summed E-state index contributed by atoms with van der Waals surface area (Å²) >= 11 is 0. The smallest absolute Gasteiger partial charge is 0.0138 e. The van der Waals surface area contributed by atoms with Crippen LogP contribution >= 0.6 is 0 Å². The summed E-state index contributed by atoms with van der Waals surface area (Å²) in [6, 6.07) is 12.6. The van der Waals surface area contributed by atoms with Crippen molar-refractivity contribution < 1.29 is 0 Å². The first-order valence-corrected chi connectivity index (χ1v) is 9.15. The molecule has 21 heavy (non-hydrogen) atoms. The maximum Gasteiger partial charge on any atom is 0.0138 e. The molecular formula is C20H31N. The van der Waals surface area contributed by atoms with Crippen molar-refractivity contribution in [2.75, 3.05) is 0 Å². The van der Waals surface area contributed by atoms with Gasteiger partial charge in [0, 0.05) is 12.1 Å². The van der Waals surface area contributed by atoms with Crippen molar-refractivity contribution >= 4 is 0 Å². The van der Waals surface area contributed by atoms with Gasteiger partial charge in [-0.25, -0.2) is 0 Å². The van der Waals surface area contributed by atoms with Crippen molar-refractivity contribution in [2.24, 2.45) is 5.92 Å². The van der Waals surface area contributed by atoms with Crippen LogP contribution in [0.1, 0.15) is 76.2 Å². The molecule has 0 amide bonds. The zero-order chi connectivity index (χ0) is 14.5. The molecule has 2 unspecified atom stereocenters. The van der Waals surface area contributed by atoms with Gasteiger partial charge in [-0.3, -0.25) is 0 Å². The molecule has 2 aliphatic carbocycles. The minimum Gasteiger partial charge on any atom is -0.311 e. The lowest BCUT2D eigenvalue weighted by Gasteiger charge is -2.38. The van der Waals surface area contributed by atoms with E-state index in [1.807, 2.05) is 0 Å². The van der Waals surface area contributed by atoms with Crippen molar-refractivity contribution in [1.82, 2.24) is 5.32 Å². The van der Waals surface area contributed by atoms with Crippen LogP contribution in [-0.4, -0.2) is 12.1 Å². The summed E-state index contributed by atoms with van der Waals surface area (Å²) in [7, 11) is 0. The van der Waals surface area contributed by atoms with E-state index < -0.39 is 0 Å². The van der Waals surface area contributed by atoms with E-state index in [9.17, 15) is 0 Å². The summed E-state index contributed by atoms with van der Waals surface area (Å²) in [5, 5.41) is 4.04. The van der Waals surface area contributed by atoms with E-state index in [4.69, 9.17) is 0 Å². The molecule has 2 aliphatic rings. The lowest BCUT2D eigenvalue weighted by Crippen LogP contribution is -2.45. The maximum absolute atomic E-state index is 4.04. The highest BCUT2D eigenvalue weighted by atomic mass is 15.0. The van der Waals surface area contributed by atoms with Crippen LogP contribution in [0.3, 0.4) is 0 Å². The lowest BCUT2D eigenvalue weighted by atomic mass is 9.78. The molecule has 0 spiro atoms. The van der Waals surface area contributed by atoms with Gasteiger partial charge in [0.2, 0.25) is 0 Å². The Hall–Kier alpha value is -0.820. The van der Waals surface area contributed by atoms with Gasteiger partial charge in [-0.1, -0.05) is 62.4 Å². The second-order valence-corrected chi connectivity index (χ2v) is 7.26. The Morgan fingerprint density at radius 1 is 0.857 bits per heavy atom. The third-order valence-electron chi connectivity index (χ3n) is 5.83. The average Bonchev–Trinajstić information content (AvgIpc) is 2.57. The Morgan fingerprint density at radius 2 is 1.52 bits per heavy atom. The van der Waals surface area contributed by atoms with Crippen LogP contribution < -0.4 is 5.32 Å². The molecular weight excluding hydrogens is 254 g/mol. The number of hydrogen-bond acceptors (Lipinski definition) is 1. The Bertz CT molecular complexity index is 407. The second kappa shape index (κ2) is 7.45. The molecule has 0 saturated heterocycles. The molecule has 1 aromatic rings. The molecule has 1 nitrogen and oxygen atoms in total. The summed E-state index contributed by atoms with van der Waals surface area (Å²) in [4.78, 5) is 0. The highest BCUT2D eigenvalue weighted by Gasteiger charge is 2.29. The number of hydrogen-bond donors (Lipinski definition) is 1. The van der Waals surface area contributed by atoms with Crippen LogP contribution in [0.2, 0.25) is 0 Å². The number of benzene rings is 1. The van der Waals surface area contributed by atoms with E-state index >= 15 is 0 Å². The first-order valence-electron chi connectivity index (χ1n) is 9.15. The van der Waals surface area contributed by atoms with Crippen molar-refractivity contribution in [2.45, 2.75) is 82.7 Å². The van der Waals surface area contributed by atoms with Crippen LogP contribution in [0, 0.1) is 5.92 Å². The third-order valence-corrected chi connectivity index (χ3v) is 5.83. The van der Waals surface area contributed by atoms with Crippen molar-refractivity contribution in [3.05, 3.63) is 35.9 Å². The first-order chi connectivity index (χ1) is 10.3. The van der Waals surface area contributed by atoms with Gasteiger partial charge < -0.3 is 5.32 Å². The minimum atomic E-state index is 0.693. The zero-order valence-corrected chi connectivity index (χ0v) is 13.6. The van der Waals surface area contributed by atoms with Gasteiger partial charge in [0.25, 0.3) is 0 Å². The third kappa shape index (κ3) is 3.88. The fourth-order valence-corrected chi connectivity index (χ4v) is 4.54. The first kappa shape index (κ1) is 15.1. The Labute approximate surface area is 130 Å². The average molecular weight is 285 g/mol. The van der Waals surface area contributed by atoms with Gasteiger partial charge >= 0.3 is 0 Å². The summed E-state index contributed by atoms with van der Waals surface area (Å²) in [5.74, 6) is 1.64. The monoisotopic (exact) mass is 285 g/mol. The van der Waals surface area contributed by atoms with Gasteiger partial charge in [-0.15, -0.1) is 0 Å². The Kier molecular flexibility index (Phi) is 5.35. The fraction of sp³-hybridized carbons (Fsp3) is 0.700. The molecule has 116 valence electrons. The molecule has 1 heteroatoms. The molecule has 3 atom stereocenters. The summed E-state index contributed by atoms with van der Waals surface area (Å²) in [6.07, 6.45) is 12.8. The fourth-order valence-electron chi connectivity index (χ4n) is 4.54. The molecule has 2 saturated carbocycles. The quantitative estimate of drug-likeness (QED) is 0.794. The zero-order valence-electron chi connectivity index (χ0n) is 13.6. The molecule has 0 aliphatic heterocycles. The van der Waals surface area contributed by atoms with Crippen LogP contribution in [0.25, 0.3) is 0 Å². The molecule has 0 aromatic heterocycles. The van der Waals surface area contributed by atoms with Gasteiger partial charge in [0.15, 0.2) is 0 Å². The van der Waals surface area contributed by atoms with E-state index in [-0.39, 0.29) is 0 Å². The summed E-state index contributed by atoms with van der Waals surface area (Å²) < 4.78 is 0. The van der Waals surface area contributed by atoms with Gasteiger partial charge in [0.05, 0.1) is 0 Å². The normalized spacial score (nSPS) is 29.2. The van der Waals surface area contributed by atoms with E-state index in [1.165, 1.54) is 57.8 Å². The van der Waals surface area contributed by atoms with E-state index in [2.05, 4.69) is 42.6 Å². The highest BCUT2D eigenvalue weighted by Crippen LogP contribution is 2.34. The van der Waals surface area contributed by atoms with Gasteiger partial charge in [-0.05, 0) is 50.0 Å². The van der Waals surface area contributed by atoms with E-state index in [0.717, 1.165) is 11.8 Å². The van der Waals surface area contributed by atoms with Gasteiger partial charge in [0.1, 0.15) is 0 Å². The predicted molar refractivity (Wildman–Crippen MR) is 90.6 cm³/mol. The van der Waals surface area contributed by atoms with Gasteiger partial charge in [-0.2, -0.15) is 0 Å². The molecule has 0 heterocycles. The molecule has 3 rings (SSSR count). The Balaban J connectivity index is 1.64. The minimum absolute atomic E-state index is 0.693. The molecule has 0 radical (unpaired) electrons. The van der Waals surface area contributed by atoms with Crippen LogP contribution in [-0.2, 0) is 0 Å². The van der Waals surface area contributed by atoms with E-state index in [1.54, 1.807) is 5.56 Å². The number of rotatable bonds is 4. The topological polar surface area (TPSA) is 12.0 Å². The highest BCUT2D eigenvalue weighted by molar-refractivity contribution is 5.22. The summed E-state index contributed by atoms with van der Waals surface area (Å²) in [5.41, 5.74) is 1.55. The molecule has 1 aromatic carbocycles. The predicted octanol–water partition coefficient (Wildman–Crippen LogP) is 5.27. The Morgan fingerprint density at radius 3 is 2.29 bits per heavy atom. The van der Waals surface area contributed by atoms with Crippen molar-refractivity contribution in [1.29, 1.82) is 0 Å². The maximum atomic E-state index is 4.04. The second-order valence-electron chi connectivity index (χ2n) is 7.26. The lowest BCUT2D eigenvalue weighted by molar-refractivity contribution is 0.229. The summed E-state index contributed by atoms with van der Waals surface area (Å²) in [6.45, 7) is 2.44. The van der Waals surface area contributed by atoms with Crippen molar-refractivity contribution in [3.8, 4) is 0 Å². The molecule has 1 N–H and O–H groups in total. The SMILES string of the molecule is C[C@H](NC1CCCCC1c1ccccc1)C1CCCCC1. The van der Waals surface area contributed by atoms with E-state index in [0.29, 0.717) is 12.1 Å².